The summed E-state index contributed by atoms with van der Waals surface area (Å²) in [5.41, 5.74) is 4.46. The van der Waals surface area contributed by atoms with Crippen molar-refractivity contribution in [3.63, 3.8) is 0 Å². The Kier molecular flexibility index (Phi) is 3.62. The Morgan fingerprint density at radius 3 is 2.93 bits per heavy atom. The van der Waals surface area contributed by atoms with E-state index in [9.17, 15) is 9.90 Å². The van der Waals surface area contributed by atoms with E-state index in [1.807, 2.05) is 29.9 Å². The highest BCUT2D eigenvalue weighted by Gasteiger charge is 2.56. The van der Waals surface area contributed by atoms with Gasteiger partial charge in [0.2, 0.25) is 0 Å². The van der Waals surface area contributed by atoms with Crippen LogP contribution in [0.4, 0.5) is 0 Å². The van der Waals surface area contributed by atoms with Crippen LogP contribution in [0.2, 0.25) is 0 Å². The van der Waals surface area contributed by atoms with Crippen LogP contribution in [-0.4, -0.2) is 20.7 Å². The summed E-state index contributed by atoms with van der Waals surface area (Å²) < 4.78 is 1.83. The molecule has 3 aliphatic carbocycles. The van der Waals surface area contributed by atoms with Crippen molar-refractivity contribution in [1.29, 1.82) is 0 Å². The molecule has 2 aromatic rings. The number of aromatic nitrogens is 2. The number of aromatic hydroxyl groups is 1. The summed E-state index contributed by atoms with van der Waals surface area (Å²) in [6.07, 6.45) is 8.88. The van der Waals surface area contributed by atoms with E-state index in [0.29, 0.717) is 29.3 Å². The summed E-state index contributed by atoms with van der Waals surface area (Å²) in [5.74, 6) is 2.22. The fraction of sp³-hybridized carbons (Fsp3) is 0.478. The lowest BCUT2D eigenvalue weighted by atomic mass is 9.55. The Labute approximate surface area is 159 Å². The Balaban J connectivity index is 1.51. The molecule has 0 saturated heterocycles. The van der Waals surface area contributed by atoms with Crippen LogP contribution in [0, 0.1) is 17.3 Å². The first-order valence-electron chi connectivity index (χ1n) is 10.0. The lowest BCUT2D eigenvalue weighted by Gasteiger charge is -2.48. The van der Waals surface area contributed by atoms with Crippen molar-refractivity contribution in [2.75, 3.05) is 0 Å². The van der Waals surface area contributed by atoms with Crippen LogP contribution in [0.1, 0.15) is 55.3 Å². The SMILES string of the molecule is Cn1nccc1/C=C1\C[C@@H]2[C@@H]3CCc4cc(O)ccc4[C@H]3CC[C@@]2(C)C1=O. The van der Waals surface area contributed by atoms with Crippen molar-refractivity contribution in [2.45, 2.75) is 44.9 Å². The molecule has 4 atom stereocenters. The number of phenolic OH excluding ortho intramolecular Hbond substituents is 1. The average molecular weight is 362 g/mol. The third kappa shape index (κ3) is 2.42. The van der Waals surface area contributed by atoms with Crippen LogP contribution in [0.5, 0.6) is 5.75 Å². The first kappa shape index (κ1) is 16.8. The number of fused-ring (bicyclic) bond motifs is 5. The summed E-state index contributed by atoms with van der Waals surface area (Å²) in [4.78, 5) is 13.3. The molecule has 1 aromatic heterocycles. The van der Waals surface area contributed by atoms with Gasteiger partial charge in [-0.25, -0.2) is 0 Å². The highest BCUT2D eigenvalue weighted by atomic mass is 16.3. The van der Waals surface area contributed by atoms with Crippen LogP contribution >= 0.6 is 0 Å². The molecule has 5 rings (SSSR count). The number of aryl methyl sites for hydroxylation is 2. The molecular weight excluding hydrogens is 336 g/mol. The number of allylic oxidation sites excluding steroid dienone is 1. The molecule has 0 radical (unpaired) electrons. The van der Waals surface area contributed by atoms with Gasteiger partial charge in [-0.05, 0) is 90.8 Å². The summed E-state index contributed by atoms with van der Waals surface area (Å²) in [6, 6.07) is 7.85. The summed E-state index contributed by atoms with van der Waals surface area (Å²) in [6.45, 7) is 2.20. The van der Waals surface area contributed by atoms with Gasteiger partial charge in [-0.2, -0.15) is 5.10 Å². The van der Waals surface area contributed by atoms with Crippen molar-refractivity contribution >= 4 is 11.9 Å². The van der Waals surface area contributed by atoms with Crippen LogP contribution < -0.4 is 0 Å². The van der Waals surface area contributed by atoms with Gasteiger partial charge in [-0.1, -0.05) is 13.0 Å². The molecular formula is C23H26N2O2. The van der Waals surface area contributed by atoms with Gasteiger partial charge in [0.1, 0.15) is 5.75 Å². The van der Waals surface area contributed by atoms with Crippen LogP contribution in [0.15, 0.2) is 36.0 Å². The number of benzene rings is 1. The molecule has 1 N–H and O–H groups in total. The first-order valence-corrected chi connectivity index (χ1v) is 10.0. The normalized spacial score (nSPS) is 33.6. The molecule has 0 aliphatic heterocycles. The first-order chi connectivity index (χ1) is 13.0. The van der Waals surface area contributed by atoms with Gasteiger partial charge >= 0.3 is 0 Å². The third-order valence-electron chi connectivity index (χ3n) is 7.53. The topological polar surface area (TPSA) is 55.1 Å². The number of phenols is 1. The van der Waals surface area contributed by atoms with E-state index in [1.54, 1.807) is 6.20 Å². The lowest BCUT2D eigenvalue weighted by molar-refractivity contribution is -0.127. The van der Waals surface area contributed by atoms with E-state index in [1.165, 1.54) is 11.1 Å². The zero-order valence-corrected chi connectivity index (χ0v) is 16.0. The number of Topliss-reactive ketones (excluding diaryl/α,β-unsaturated/α-hetero) is 1. The number of carbonyl (C=O) groups excluding carboxylic acids is 1. The van der Waals surface area contributed by atoms with E-state index >= 15 is 0 Å². The zero-order valence-electron chi connectivity index (χ0n) is 16.0. The molecule has 0 bridgehead atoms. The predicted octanol–water partition coefficient (Wildman–Crippen LogP) is 4.24. The van der Waals surface area contributed by atoms with Crippen LogP contribution in [-0.2, 0) is 18.3 Å². The average Bonchev–Trinajstić information content (AvgIpc) is 3.17. The van der Waals surface area contributed by atoms with Crippen LogP contribution in [0.25, 0.3) is 6.08 Å². The highest BCUT2D eigenvalue weighted by Crippen LogP contribution is 2.60. The summed E-state index contributed by atoms with van der Waals surface area (Å²) in [7, 11) is 1.92. The minimum Gasteiger partial charge on any atom is -0.508 e. The maximum atomic E-state index is 13.3. The van der Waals surface area contributed by atoms with Gasteiger partial charge in [0.15, 0.2) is 5.78 Å². The minimum absolute atomic E-state index is 0.222. The molecule has 1 aromatic carbocycles. The number of rotatable bonds is 1. The number of hydrogen-bond donors (Lipinski definition) is 1. The Morgan fingerprint density at radius 1 is 1.30 bits per heavy atom. The maximum absolute atomic E-state index is 13.3. The molecule has 0 unspecified atom stereocenters. The molecule has 4 heteroatoms. The second-order valence-corrected chi connectivity index (χ2v) is 8.84. The number of hydrogen-bond acceptors (Lipinski definition) is 3. The number of ketones is 1. The largest absolute Gasteiger partial charge is 0.508 e. The second-order valence-electron chi connectivity index (χ2n) is 8.84. The molecule has 27 heavy (non-hydrogen) atoms. The van der Waals surface area contributed by atoms with E-state index in [2.05, 4.69) is 24.2 Å². The van der Waals surface area contributed by atoms with Gasteiger partial charge in [0.05, 0.1) is 5.69 Å². The minimum atomic E-state index is -0.222. The Hall–Kier alpha value is -2.36. The van der Waals surface area contributed by atoms with E-state index < -0.39 is 0 Å². The van der Waals surface area contributed by atoms with Gasteiger partial charge in [0, 0.05) is 18.7 Å². The van der Waals surface area contributed by atoms with E-state index in [-0.39, 0.29) is 5.41 Å². The van der Waals surface area contributed by atoms with Crippen molar-refractivity contribution in [2.24, 2.45) is 24.3 Å². The number of nitrogens with zero attached hydrogens (tertiary/aromatic N) is 2. The molecule has 4 nitrogen and oxygen atoms in total. The van der Waals surface area contributed by atoms with E-state index in [4.69, 9.17) is 0 Å². The summed E-state index contributed by atoms with van der Waals surface area (Å²) >= 11 is 0. The summed E-state index contributed by atoms with van der Waals surface area (Å²) in [5, 5.41) is 14.1. The lowest BCUT2D eigenvalue weighted by Crippen LogP contribution is -2.42. The van der Waals surface area contributed by atoms with Gasteiger partial charge in [-0.15, -0.1) is 0 Å². The highest BCUT2D eigenvalue weighted by molar-refractivity contribution is 6.05. The standard InChI is InChI=1S/C23H26N2O2/c1-23-9-7-19-18-6-4-17(26)12-14(18)3-5-20(19)21(23)13-15(22(23)27)11-16-8-10-24-25(16)2/h4,6,8,10-12,19-21,26H,3,5,7,9,13H2,1-2H3/b15-11+/t19-,20-,21-,23-/m1/s1. The second kappa shape index (κ2) is 5.82. The smallest absolute Gasteiger partial charge is 0.165 e. The molecule has 2 saturated carbocycles. The zero-order chi connectivity index (χ0) is 18.8. The molecule has 0 spiro atoms. The Bertz CT molecular complexity index is 957. The van der Waals surface area contributed by atoms with Crippen LogP contribution in [0.3, 0.4) is 0 Å². The van der Waals surface area contributed by atoms with Gasteiger partial charge < -0.3 is 5.11 Å². The van der Waals surface area contributed by atoms with Crippen molar-refractivity contribution in [3.05, 3.63) is 52.9 Å². The monoisotopic (exact) mass is 362 g/mol. The fourth-order valence-corrected chi connectivity index (χ4v) is 6.07. The molecule has 2 fully saturated rings. The number of carbonyl (C=O) groups is 1. The quantitative estimate of drug-likeness (QED) is 0.772. The molecule has 140 valence electrons. The van der Waals surface area contributed by atoms with Crippen molar-refractivity contribution in [1.82, 2.24) is 9.78 Å². The molecule has 1 heterocycles. The Morgan fingerprint density at radius 2 is 2.15 bits per heavy atom. The van der Waals surface area contributed by atoms with E-state index in [0.717, 1.165) is 43.4 Å². The molecule has 0 amide bonds. The van der Waals surface area contributed by atoms with Gasteiger partial charge in [0.25, 0.3) is 0 Å². The van der Waals surface area contributed by atoms with Gasteiger partial charge in [-0.3, -0.25) is 9.48 Å². The molecule has 3 aliphatic rings. The fourth-order valence-electron chi connectivity index (χ4n) is 6.07. The maximum Gasteiger partial charge on any atom is 0.165 e. The van der Waals surface area contributed by atoms with Crippen molar-refractivity contribution < 1.29 is 9.90 Å². The van der Waals surface area contributed by atoms with Crippen molar-refractivity contribution in [3.8, 4) is 5.75 Å². The predicted molar refractivity (Wildman–Crippen MR) is 104 cm³/mol. The third-order valence-corrected chi connectivity index (χ3v) is 7.53.